The minimum atomic E-state index is -0.144. The van der Waals surface area contributed by atoms with E-state index in [0.717, 1.165) is 19.4 Å². The van der Waals surface area contributed by atoms with E-state index in [2.05, 4.69) is 26.1 Å². The summed E-state index contributed by atoms with van der Waals surface area (Å²) >= 11 is 0. The zero-order chi connectivity index (χ0) is 10.8. The van der Waals surface area contributed by atoms with Crippen molar-refractivity contribution in [3.05, 3.63) is 0 Å². The maximum atomic E-state index is 9.57. The molecule has 3 heteroatoms. The topological polar surface area (TPSA) is 41.5 Å². The third-order valence-corrected chi connectivity index (χ3v) is 3.46. The summed E-state index contributed by atoms with van der Waals surface area (Å²) in [6.45, 7) is 7.19. The largest absolute Gasteiger partial charge is 0.392 e. The molecule has 0 aromatic carbocycles. The van der Waals surface area contributed by atoms with Crippen molar-refractivity contribution in [2.24, 2.45) is 5.41 Å². The summed E-state index contributed by atoms with van der Waals surface area (Å²) < 4.78 is 5.03. The van der Waals surface area contributed by atoms with E-state index in [0.29, 0.717) is 12.1 Å². The summed E-state index contributed by atoms with van der Waals surface area (Å²) in [6.07, 6.45) is 1.76. The first kappa shape index (κ1) is 12.0. The van der Waals surface area contributed by atoms with Crippen LogP contribution in [0, 0.1) is 5.41 Å². The van der Waals surface area contributed by atoms with E-state index in [9.17, 15) is 5.11 Å². The zero-order valence-corrected chi connectivity index (χ0v) is 9.71. The number of aliphatic hydroxyl groups is 1. The molecule has 0 heterocycles. The smallest absolute Gasteiger partial charge is 0.0621 e. The molecule has 3 unspecified atom stereocenters. The maximum absolute atomic E-state index is 9.57. The van der Waals surface area contributed by atoms with Crippen LogP contribution in [0.5, 0.6) is 0 Å². The average Bonchev–Trinajstić information content (AvgIpc) is 2.14. The Hall–Kier alpha value is -0.120. The second-order valence-electron chi connectivity index (χ2n) is 4.97. The fourth-order valence-electron chi connectivity index (χ4n) is 1.91. The Bertz CT molecular complexity index is 182. The molecule has 0 aromatic heterocycles. The van der Waals surface area contributed by atoms with Crippen LogP contribution in [0.1, 0.15) is 33.6 Å². The van der Waals surface area contributed by atoms with Gasteiger partial charge in [0.1, 0.15) is 0 Å². The van der Waals surface area contributed by atoms with Crippen molar-refractivity contribution in [2.75, 3.05) is 13.7 Å². The number of nitrogens with one attached hydrogen (secondary N) is 1. The molecule has 1 rings (SSSR count). The zero-order valence-electron chi connectivity index (χ0n) is 9.71. The van der Waals surface area contributed by atoms with Gasteiger partial charge in [-0.05, 0) is 19.8 Å². The van der Waals surface area contributed by atoms with Gasteiger partial charge in [0.25, 0.3) is 0 Å². The molecular formula is C11H23NO2. The molecule has 1 aliphatic rings. The molecule has 0 amide bonds. The van der Waals surface area contributed by atoms with Gasteiger partial charge in [0, 0.05) is 31.2 Å². The lowest BCUT2D eigenvalue weighted by Gasteiger charge is -2.50. The highest BCUT2D eigenvalue weighted by molar-refractivity contribution is 5.02. The molecular weight excluding hydrogens is 178 g/mol. The molecule has 1 aliphatic carbocycles. The molecule has 0 bridgehead atoms. The Balaban J connectivity index is 2.25. The molecule has 14 heavy (non-hydrogen) atoms. The van der Waals surface area contributed by atoms with Crippen LogP contribution in [-0.4, -0.2) is 37.0 Å². The minimum absolute atomic E-state index is 0.0291. The summed E-state index contributed by atoms with van der Waals surface area (Å²) in [5.41, 5.74) is 0.0291. The molecule has 3 nitrogen and oxygen atoms in total. The van der Waals surface area contributed by atoms with Gasteiger partial charge in [-0.15, -0.1) is 0 Å². The third-order valence-electron chi connectivity index (χ3n) is 3.46. The van der Waals surface area contributed by atoms with Crippen LogP contribution in [-0.2, 0) is 4.74 Å². The molecule has 1 fully saturated rings. The minimum Gasteiger partial charge on any atom is -0.392 e. The molecule has 0 spiro atoms. The monoisotopic (exact) mass is 201 g/mol. The first-order chi connectivity index (χ1) is 6.48. The van der Waals surface area contributed by atoms with Crippen molar-refractivity contribution in [3.8, 4) is 0 Å². The number of methoxy groups -OCH3 is 1. The van der Waals surface area contributed by atoms with Gasteiger partial charge < -0.3 is 15.2 Å². The Morgan fingerprint density at radius 3 is 2.64 bits per heavy atom. The van der Waals surface area contributed by atoms with Crippen molar-refractivity contribution in [2.45, 2.75) is 51.8 Å². The Labute approximate surface area is 86.8 Å². The number of hydrogen-bond acceptors (Lipinski definition) is 3. The van der Waals surface area contributed by atoms with Gasteiger partial charge in [0.2, 0.25) is 0 Å². The van der Waals surface area contributed by atoms with Gasteiger partial charge in [-0.1, -0.05) is 13.8 Å². The van der Waals surface area contributed by atoms with Crippen LogP contribution in [0.15, 0.2) is 0 Å². The summed E-state index contributed by atoms with van der Waals surface area (Å²) in [4.78, 5) is 0. The van der Waals surface area contributed by atoms with Crippen LogP contribution in [0.3, 0.4) is 0 Å². The lowest BCUT2D eigenvalue weighted by molar-refractivity contribution is -0.0759. The van der Waals surface area contributed by atoms with Gasteiger partial charge >= 0.3 is 0 Å². The van der Waals surface area contributed by atoms with Crippen LogP contribution in [0.2, 0.25) is 0 Å². The second kappa shape index (κ2) is 4.60. The number of hydrogen-bond donors (Lipinski definition) is 2. The number of rotatable bonds is 5. The van der Waals surface area contributed by atoms with Crippen LogP contribution in [0.25, 0.3) is 0 Å². The fraction of sp³-hybridized carbons (Fsp3) is 1.00. The second-order valence-corrected chi connectivity index (χ2v) is 4.97. The SMILES string of the molecule is COCCC(C)NC1CC(O)C1(C)C. The third kappa shape index (κ3) is 2.47. The van der Waals surface area contributed by atoms with Crippen LogP contribution >= 0.6 is 0 Å². The predicted molar refractivity (Wildman–Crippen MR) is 57.3 cm³/mol. The fourth-order valence-corrected chi connectivity index (χ4v) is 1.91. The summed E-state index contributed by atoms with van der Waals surface area (Å²) in [6, 6.07) is 0.913. The van der Waals surface area contributed by atoms with E-state index in [1.807, 2.05) is 0 Å². The summed E-state index contributed by atoms with van der Waals surface area (Å²) in [7, 11) is 1.73. The Morgan fingerprint density at radius 2 is 2.21 bits per heavy atom. The standard InChI is InChI=1S/C11H23NO2/c1-8(5-6-14-4)12-9-7-10(13)11(9,2)3/h8-10,12-13H,5-7H2,1-4H3. The van der Waals surface area contributed by atoms with E-state index in [1.165, 1.54) is 0 Å². The van der Waals surface area contributed by atoms with Gasteiger partial charge in [-0.25, -0.2) is 0 Å². The van der Waals surface area contributed by atoms with Gasteiger partial charge in [-0.2, -0.15) is 0 Å². The van der Waals surface area contributed by atoms with Crippen molar-refractivity contribution in [1.29, 1.82) is 0 Å². The molecule has 0 aliphatic heterocycles. The van der Waals surface area contributed by atoms with E-state index in [-0.39, 0.29) is 11.5 Å². The predicted octanol–water partition coefficient (Wildman–Crippen LogP) is 1.16. The maximum Gasteiger partial charge on any atom is 0.0621 e. The van der Waals surface area contributed by atoms with Gasteiger partial charge in [-0.3, -0.25) is 0 Å². The highest BCUT2D eigenvalue weighted by Gasteiger charge is 2.47. The lowest BCUT2D eigenvalue weighted by Crippen LogP contribution is -2.61. The molecule has 0 aromatic rings. The van der Waals surface area contributed by atoms with E-state index >= 15 is 0 Å². The van der Waals surface area contributed by atoms with E-state index in [1.54, 1.807) is 7.11 Å². The first-order valence-electron chi connectivity index (χ1n) is 5.41. The molecule has 3 atom stereocenters. The van der Waals surface area contributed by atoms with Crippen LogP contribution < -0.4 is 5.32 Å². The van der Waals surface area contributed by atoms with Crippen LogP contribution in [0.4, 0.5) is 0 Å². The van der Waals surface area contributed by atoms with Crippen molar-refractivity contribution in [1.82, 2.24) is 5.32 Å². The highest BCUT2D eigenvalue weighted by atomic mass is 16.5. The number of aliphatic hydroxyl groups excluding tert-OH is 1. The molecule has 1 saturated carbocycles. The number of ether oxygens (including phenoxy) is 1. The first-order valence-corrected chi connectivity index (χ1v) is 5.41. The Morgan fingerprint density at radius 1 is 1.57 bits per heavy atom. The molecule has 0 saturated heterocycles. The summed E-state index contributed by atoms with van der Waals surface area (Å²) in [5, 5.41) is 13.1. The molecule has 2 N–H and O–H groups in total. The molecule has 0 radical (unpaired) electrons. The summed E-state index contributed by atoms with van der Waals surface area (Å²) in [5.74, 6) is 0. The van der Waals surface area contributed by atoms with Crippen molar-refractivity contribution < 1.29 is 9.84 Å². The van der Waals surface area contributed by atoms with E-state index in [4.69, 9.17) is 4.74 Å². The van der Waals surface area contributed by atoms with Gasteiger partial charge in [0.15, 0.2) is 0 Å². The average molecular weight is 201 g/mol. The van der Waals surface area contributed by atoms with E-state index < -0.39 is 0 Å². The Kier molecular flexibility index (Phi) is 3.93. The quantitative estimate of drug-likeness (QED) is 0.701. The van der Waals surface area contributed by atoms with Crippen molar-refractivity contribution >= 4 is 0 Å². The lowest BCUT2D eigenvalue weighted by atomic mass is 9.64. The molecule has 84 valence electrons. The van der Waals surface area contributed by atoms with Gasteiger partial charge in [0.05, 0.1) is 6.10 Å². The normalized spacial score (nSPS) is 32.4. The highest BCUT2D eigenvalue weighted by Crippen LogP contribution is 2.40. The van der Waals surface area contributed by atoms with Crippen molar-refractivity contribution in [3.63, 3.8) is 0 Å².